The summed E-state index contributed by atoms with van der Waals surface area (Å²) < 4.78 is 4.54. The number of nitrogens with zero attached hydrogens (tertiary/aromatic N) is 1. The number of hydrogen-bond donors (Lipinski definition) is 2. The van der Waals surface area contributed by atoms with Gasteiger partial charge in [-0.05, 0) is 30.3 Å². The average molecular weight is 348 g/mol. The second kappa shape index (κ2) is 7.56. The number of methoxy groups -OCH3 is 1. The quantitative estimate of drug-likeness (QED) is 0.826. The van der Waals surface area contributed by atoms with Gasteiger partial charge in [-0.2, -0.15) is 0 Å². The molecule has 0 radical (unpaired) electrons. The van der Waals surface area contributed by atoms with E-state index >= 15 is 0 Å². The first kappa shape index (κ1) is 17.4. The van der Waals surface area contributed by atoms with Crippen molar-refractivity contribution < 1.29 is 19.1 Å². The van der Waals surface area contributed by atoms with Crippen molar-refractivity contribution in [2.24, 2.45) is 0 Å². The minimum absolute atomic E-state index is 0.0860. The fourth-order valence-electron chi connectivity index (χ4n) is 1.90. The summed E-state index contributed by atoms with van der Waals surface area (Å²) >= 11 is 5.92. The third-order valence-corrected chi connectivity index (χ3v) is 3.36. The molecule has 1 aromatic heterocycles. The summed E-state index contributed by atoms with van der Waals surface area (Å²) in [4.78, 5) is 39.3. The maximum Gasteiger partial charge on any atom is 0.356 e. The van der Waals surface area contributed by atoms with Crippen molar-refractivity contribution in [2.75, 3.05) is 19.5 Å². The SMILES string of the molecule is CNC(=O)c1ccc(Cl)cc1NC(=O)c1ccc(C(=O)OC)nc1. The largest absolute Gasteiger partial charge is 0.464 e. The molecule has 1 aromatic carbocycles. The monoisotopic (exact) mass is 347 g/mol. The molecule has 2 aromatic rings. The number of aromatic nitrogens is 1. The molecular weight excluding hydrogens is 334 g/mol. The number of hydrogen-bond acceptors (Lipinski definition) is 5. The topological polar surface area (TPSA) is 97.4 Å². The lowest BCUT2D eigenvalue weighted by Crippen LogP contribution is -2.21. The molecule has 24 heavy (non-hydrogen) atoms. The number of carbonyl (C=O) groups excluding carboxylic acids is 3. The van der Waals surface area contributed by atoms with Crippen LogP contribution in [0.3, 0.4) is 0 Å². The number of rotatable bonds is 4. The third kappa shape index (κ3) is 3.88. The first-order valence-corrected chi connectivity index (χ1v) is 7.21. The van der Waals surface area contributed by atoms with E-state index in [1.165, 1.54) is 44.6 Å². The molecule has 8 heteroatoms. The predicted molar refractivity (Wildman–Crippen MR) is 88.4 cm³/mol. The van der Waals surface area contributed by atoms with Gasteiger partial charge in [-0.25, -0.2) is 9.78 Å². The van der Waals surface area contributed by atoms with Crippen molar-refractivity contribution >= 4 is 35.1 Å². The van der Waals surface area contributed by atoms with Gasteiger partial charge in [-0.1, -0.05) is 11.6 Å². The molecule has 0 unspecified atom stereocenters. The van der Waals surface area contributed by atoms with E-state index in [1.54, 1.807) is 6.07 Å². The van der Waals surface area contributed by atoms with E-state index in [1.807, 2.05) is 0 Å². The van der Waals surface area contributed by atoms with Gasteiger partial charge in [0, 0.05) is 18.3 Å². The van der Waals surface area contributed by atoms with E-state index in [-0.39, 0.29) is 28.4 Å². The van der Waals surface area contributed by atoms with Crippen LogP contribution in [0, 0.1) is 0 Å². The van der Waals surface area contributed by atoms with Crippen molar-refractivity contribution in [3.05, 3.63) is 58.4 Å². The standard InChI is InChI=1S/C16H14ClN3O4/c1-18-15(22)11-5-4-10(17)7-13(11)20-14(21)9-3-6-12(19-8-9)16(23)24-2/h3-8H,1-2H3,(H,18,22)(H,20,21). The van der Waals surface area contributed by atoms with E-state index in [0.717, 1.165) is 0 Å². The lowest BCUT2D eigenvalue weighted by atomic mass is 10.1. The van der Waals surface area contributed by atoms with E-state index in [9.17, 15) is 14.4 Å². The minimum atomic E-state index is -0.598. The van der Waals surface area contributed by atoms with Gasteiger partial charge in [0.25, 0.3) is 11.8 Å². The first-order valence-electron chi connectivity index (χ1n) is 6.83. The predicted octanol–water partition coefficient (Wildman–Crippen LogP) is 2.13. The second-order valence-electron chi connectivity index (χ2n) is 4.65. The molecule has 0 saturated carbocycles. The van der Waals surface area contributed by atoms with Crippen LogP contribution in [0.1, 0.15) is 31.2 Å². The zero-order valence-electron chi connectivity index (χ0n) is 12.9. The first-order chi connectivity index (χ1) is 11.5. The molecule has 0 aliphatic carbocycles. The zero-order valence-corrected chi connectivity index (χ0v) is 13.7. The van der Waals surface area contributed by atoms with Crippen LogP contribution in [0.25, 0.3) is 0 Å². The molecule has 7 nitrogen and oxygen atoms in total. The second-order valence-corrected chi connectivity index (χ2v) is 5.08. The summed E-state index contributed by atoms with van der Waals surface area (Å²) in [5.41, 5.74) is 0.839. The van der Waals surface area contributed by atoms with Gasteiger partial charge < -0.3 is 15.4 Å². The van der Waals surface area contributed by atoms with Gasteiger partial charge in [0.1, 0.15) is 5.69 Å². The van der Waals surface area contributed by atoms with Crippen LogP contribution in [0.5, 0.6) is 0 Å². The van der Waals surface area contributed by atoms with Gasteiger partial charge in [0.05, 0.1) is 23.9 Å². The number of anilines is 1. The Balaban J connectivity index is 2.25. The molecule has 2 amide bonds. The highest BCUT2D eigenvalue weighted by molar-refractivity contribution is 6.31. The van der Waals surface area contributed by atoms with E-state index in [0.29, 0.717) is 5.02 Å². The molecule has 0 atom stereocenters. The lowest BCUT2D eigenvalue weighted by molar-refractivity contribution is 0.0593. The van der Waals surface area contributed by atoms with Crippen molar-refractivity contribution in [3.8, 4) is 0 Å². The molecule has 1 heterocycles. The Morgan fingerprint density at radius 3 is 2.46 bits per heavy atom. The van der Waals surface area contributed by atoms with Gasteiger partial charge in [0.15, 0.2) is 0 Å². The molecule has 0 fully saturated rings. The molecule has 0 aliphatic rings. The summed E-state index contributed by atoms with van der Waals surface area (Å²) in [6, 6.07) is 7.33. The lowest BCUT2D eigenvalue weighted by Gasteiger charge is -2.11. The van der Waals surface area contributed by atoms with Crippen molar-refractivity contribution in [3.63, 3.8) is 0 Å². The maximum atomic E-state index is 12.3. The minimum Gasteiger partial charge on any atom is -0.464 e. The summed E-state index contributed by atoms with van der Waals surface area (Å²) in [6.07, 6.45) is 1.24. The Kier molecular flexibility index (Phi) is 5.49. The highest BCUT2D eigenvalue weighted by Crippen LogP contribution is 2.22. The van der Waals surface area contributed by atoms with Crippen molar-refractivity contribution in [1.29, 1.82) is 0 Å². The van der Waals surface area contributed by atoms with Crippen LogP contribution in [-0.2, 0) is 4.74 Å². The molecule has 2 rings (SSSR count). The summed E-state index contributed by atoms with van der Waals surface area (Å²) in [7, 11) is 2.72. The number of halogens is 1. The Hall–Kier alpha value is -2.93. The third-order valence-electron chi connectivity index (χ3n) is 3.12. The van der Waals surface area contributed by atoms with Crippen LogP contribution in [0.2, 0.25) is 5.02 Å². The normalized spacial score (nSPS) is 9.96. The van der Waals surface area contributed by atoms with Crippen LogP contribution in [0.15, 0.2) is 36.5 Å². The average Bonchev–Trinajstić information content (AvgIpc) is 2.60. The Morgan fingerprint density at radius 1 is 1.12 bits per heavy atom. The van der Waals surface area contributed by atoms with Gasteiger partial charge in [-0.15, -0.1) is 0 Å². The van der Waals surface area contributed by atoms with Gasteiger partial charge >= 0.3 is 5.97 Å². The molecule has 0 aliphatic heterocycles. The van der Waals surface area contributed by atoms with Crippen LogP contribution < -0.4 is 10.6 Å². The molecule has 2 N–H and O–H groups in total. The van der Waals surface area contributed by atoms with Gasteiger partial charge in [0.2, 0.25) is 0 Å². The molecule has 124 valence electrons. The Morgan fingerprint density at radius 2 is 1.88 bits per heavy atom. The van der Waals surface area contributed by atoms with Gasteiger partial charge in [-0.3, -0.25) is 9.59 Å². The highest BCUT2D eigenvalue weighted by Gasteiger charge is 2.15. The number of amides is 2. The molecule has 0 spiro atoms. The Labute approximate surface area is 143 Å². The van der Waals surface area contributed by atoms with Crippen LogP contribution in [-0.4, -0.2) is 36.9 Å². The Bertz CT molecular complexity index is 790. The number of ether oxygens (including phenoxy) is 1. The zero-order chi connectivity index (χ0) is 17.7. The van der Waals surface area contributed by atoms with Crippen molar-refractivity contribution in [1.82, 2.24) is 10.3 Å². The van der Waals surface area contributed by atoms with Crippen LogP contribution >= 0.6 is 11.6 Å². The highest BCUT2D eigenvalue weighted by atomic mass is 35.5. The summed E-state index contributed by atoms with van der Waals surface area (Å²) in [5.74, 6) is -1.45. The molecule has 0 bridgehead atoms. The molecule has 0 saturated heterocycles. The van der Waals surface area contributed by atoms with E-state index in [4.69, 9.17) is 11.6 Å². The molecular formula is C16H14ClN3O4. The maximum absolute atomic E-state index is 12.3. The number of carbonyl (C=O) groups is 3. The number of benzene rings is 1. The fourth-order valence-corrected chi connectivity index (χ4v) is 2.07. The summed E-state index contributed by atoms with van der Waals surface area (Å²) in [6.45, 7) is 0. The fraction of sp³-hybridized carbons (Fsp3) is 0.125. The van der Waals surface area contributed by atoms with Crippen LogP contribution in [0.4, 0.5) is 5.69 Å². The van der Waals surface area contributed by atoms with E-state index < -0.39 is 11.9 Å². The number of esters is 1. The van der Waals surface area contributed by atoms with E-state index in [2.05, 4.69) is 20.4 Å². The van der Waals surface area contributed by atoms with Crippen molar-refractivity contribution in [2.45, 2.75) is 0 Å². The number of pyridine rings is 1. The number of nitrogens with one attached hydrogen (secondary N) is 2. The summed E-state index contributed by atoms with van der Waals surface area (Å²) in [5, 5.41) is 5.46. The smallest absolute Gasteiger partial charge is 0.356 e.